The second kappa shape index (κ2) is 11.6. The molecule has 192 valence electrons. The summed E-state index contributed by atoms with van der Waals surface area (Å²) in [6, 6.07) is 12.0. The maximum Gasteiger partial charge on any atom is 0.246 e. The largest absolute Gasteiger partial charge is 0.495 e. The Morgan fingerprint density at radius 2 is 1.92 bits per heavy atom. The minimum atomic E-state index is -3.85. The van der Waals surface area contributed by atoms with Gasteiger partial charge in [-0.25, -0.2) is 8.42 Å². The van der Waals surface area contributed by atoms with Gasteiger partial charge in [-0.15, -0.1) is 0 Å². The third kappa shape index (κ3) is 6.03. The number of methoxy groups -OCH3 is 1. The standard InChI is InChI=1S/C25H28Cl2N4O4S/c1-35-23-8-6-19(27)15-24(23)36(33,34)31-13-2-4-17(16-31)25(32)30-11-3-10-28-21-9-12-29-22-14-18(26)5-7-20(21)22/h5-9,12,14-15,17H,2-4,10-11,13,16H2,1H3,(H,28,29)(H,30,32)/t17-/m0/s1. The minimum Gasteiger partial charge on any atom is -0.495 e. The van der Waals surface area contributed by atoms with E-state index in [2.05, 4.69) is 15.6 Å². The van der Waals surface area contributed by atoms with Crippen LogP contribution in [0.4, 0.5) is 5.69 Å². The Labute approximate surface area is 221 Å². The molecule has 1 saturated heterocycles. The Morgan fingerprint density at radius 1 is 1.14 bits per heavy atom. The number of nitrogens with zero attached hydrogens (tertiary/aromatic N) is 2. The molecule has 2 heterocycles. The van der Waals surface area contributed by atoms with E-state index in [-0.39, 0.29) is 23.1 Å². The zero-order valence-corrected chi connectivity index (χ0v) is 22.2. The number of benzene rings is 2. The summed E-state index contributed by atoms with van der Waals surface area (Å²) < 4.78 is 33.1. The van der Waals surface area contributed by atoms with Crippen molar-refractivity contribution in [3.63, 3.8) is 0 Å². The lowest BCUT2D eigenvalue weighted by atomic mass is 9.99. The average molecular weight is 551 g/mol. The van der Waals surface area contributed by atoms with Gasteiger partial charge in [0, 0.05) is 53.5 Å². The van der Waals surface area contributed by atoms with Gasteiger partial charge in [-0.2, -0.15) is 4.31 Å². The second-order valence-electron chi connectivity index (χ2n) is 8.59. The van der Waals surface area contributed by atoms with Crippen molar-refractivity contribution in [2.75, 3.05) is 38.6 Å². The Morgan fingerprint density at radius 3 is 2.72 bits per heavy atom. The number of hydrogen-bond donors (Lipinski definition) is 2. The van der Waals surface area contributed by atoms with Crippen molar-refractivity contribution in [2.45, 2.75) is 24.2 Å². The molecule has 3 aromatic rings. The molecule has 0 aliphatic carbocycles. The van der Waals surface area contributed by atoms with Gasteiger partial charge in [0.25, 0.3) is 0 Å². The summed E-state index contributed by atoms with van der Waals surface area (Å²) >= 11 is 12.1. The summed E-state index contributed by atoms with van der Waals surface area (Å²) in [7, 11) is -2.44. The van der Waals surface area contributed by atoms with Crippen LogP contribution in [0, 0.1) is 5.92 Å². The van der Waals surface area contributed by atoms with Gasteiger partial charge in [0.1, 0.15) is 10.6 Å². The molecule has 1 atom stereocenters. The first-order valence-electron chi connectivity index (χ1n) is 11.7. The van der Waals surface area contributed by atoms with Crippen LogP contribution in [-0.2, 0) is 14.8 Å². The van der Waals surface area contributed by atoms with E-state index in [1.54, 1.807) is 12.3 Å². The summed E-state index contributed by atoms with van der Waals surface area (Å²) in [5.74, 6) is -0.332. The normalized spacial score (nSPS) is 16.6. The van der Waals surface area contributed by atoms with Crippen molar-refractivity contribution in [1.29, 1.82) is 0 Å². The van der Waals surface area contributed by atoms with E-state index in [1.807, 2.05) is 24.3 Å². The number of carbonyl (C=O) groups excluding carboxylic acids is 1. The number of anilines is 1. The summed E-state index contributed by atoms with van der Waals surface area (Å²) in [4.78, 5) is 17.2. The van der Waals surface area contributed by atoms with E-state index < -0.39 is 15.9 Å². The second-order valence-corrected chi connectivity index (χ2v) is 11.4. The number of fused-ring (bicyclic) bond motifs is 1. The molecule has 36 heavy (non-hydrogen) atoms. The fourth-order valence-electron chi connectivity index (χ4n) is 4.31. The van der Waals surface area contributed by atoms with Gasteiger partial charge in [-0.3, -0.25) is 9.78 Å². The highest BCUT2D eigenvalue weighted by atomic mass is 35.5. The Kier molecular flexibility index (Phi) is 8.56. The number of amides is 1. The molecule has 1 aromatic heterocycles. The molecular weight excluding hydrogens is 523 g/mol. The van der Waals surface area contributed by atoms with E-state index >= 15 is 0 Å². The van der Waals surface area contributed by atoms with Gasteiger partial charge in [0.05, 0.1) is 18.5 Å². The lowest BCUT2D eigenvalue weighted by Gasteiger charge is -2.31. The predicted octanol–water partition coefficient (Wildman–Crippen LogP) is 4.57. The SMILES string of the molecule is COc1ccc(Cl)cc1S(=O)(=O)N1CCC[C@H](C(=O)NCCCNc2ccnc3cc(Cl)ccc23)C1. The number of sulfonamides is 1. The molecule has 0 radical (unpaired) electrons. The number of piperidine rings is 1. The molecule has 1 amide bonds. The fraction of sp³-hybridized carbons (Fsp3) is 0.360. The van der Waals surface area contributed by atoms with Crippen LogP contribution in [0.25, 0.3) is 10.9 Å². The fourth-order valence-corrected chi connectivity index (χ4v) is 6.42. The maximum atomic E-state index is 13.3. The van der Waals surface area contributed by atoms with Crippen LogP contribution < -0.4 is 15.4 Å². The van der Waals surface area contributed by atoms with Gasteiger partial charge in [-0.05, 0) is 61.7 Å². The topological polar surface area (TPSA) is 101 Å². The van der Waals surface area contributed by atoms with Crippen LogP contribution in [0.2, 0.25) is 10.0 Å². The van der Waals surface area contributed by atoms with Crippen molar-refractivity contribution < 1.29 is 17.9 Å². The molecule has 1 aliphatic rings. The van der Waals surface area contributed by atoms with Crippen LogP contribution in [0.1, 0.15) is 19.3 Å². The predicted molar refractivity (Wildman–Crippen MR) is 142 cm³/mol. The molecule has 1 fully saturated rings. The lowest BCUT2D eigenvalue weighted by Crippen LogP contribution is -2.45. The number of nitrogens with one attached hydrogen (secondary N) is 2. The molecule has 0 saturated carbocycles. The number of pyridine rings is 1. The number of rotatable bonds is 9. The van der Waals surface area contributed by atoms with Gasteiger partial charge in [0.15, 0.2) is 0 Å². The number of aromatic nitrogens is 1. The first-order valence-corrected chi connectivity index (χ1v) is 13.9. The quantitative estimate of drug-likeness (QED) is 0.378. The van der Waals surface area contributed by atoms with Crippen molar-refractivity contribution in [2.24, 2.45) is 5.92 Å². The third-order valence-electron chi connectivity index (χ3n) is 6.17. The first-order chi connectivity index (χ1) is 17.3. The highest BCUT2D eigenvalue weighted by Gasteiger charge is 2.34. The molecule has 0 spiro atoms. The van der Waals surface area contributed by atoms with Crippen LogP contribution in [0.5, 0.6) is 5.75 Å². The molecule has 0 bridgehead atoms. The van der Waals surface area contributed by atoms with Gasteiger partial charge in [-0.1, -0.05) is 23.2 Å². The van der Waals surface area contributed by atoms with Crippen molar-refractivity contribution in [3.05, 3.63) is 58.7 Å². The monoisotopic (exact) mass is 550 g/mol. The van der Waals surface area contributed by atoms with Crippen molar-refractivity contribution in [1.82, 2.24) is 14.6 Å². The number of carbonyl (C=O) groups is 1. The molecule has 1 aliphatic heterocycles. The Balaban J connectivity index is 1.30. The Bertz CT molecular complexity index is 1350. The first kappa shape index (κ1) is 26.5. The molecule has 0 unspecified atom stereocenters. The van der Waals surface area contributed by atoms with Crippen molar-refractivity contribution >= 4 is 55.7 Å². The van der Waals surface area contributed by atoms with Crippen LogP contribution in [0.3, 0.4) is 0 Å². The summed E-state index contributed by atoms with van der Waals surface area (Å²) in [6.07, 6.45) is 3.66. The highest BCUT2D eigenvalue weighted by Crippen LogP contribution is 2.32. The minimum absolute atomic E-state index is 0.00976. The summed E-state index contributed by atoms with van der Waals surface area (Å²) in [6.45, 7) is 1.60. The van der Waals surface area contributed by atoms with Gasteiger partial charge in [0.2, 0.25) is 15.9 Å². The number of ether oxygens (including phenoxy) is 1. The zero-order chi connectivity index (χ0) is 25.7. The number of halogens is 2. The zero-order valence-electron chi connectivity index (χ0n) is 19.8. The number of hydrogen-bond acceptors (Lipinski definition) is 6. The van der Waals surface area contributed by atoms with Crippen LogP contribution in [-0.4, -0.2) is 56.9 Å². The summed E-state index contributed by atoms with van der Waals surface area (Å²) in [5, 5.41) is 8.24. The van der Waals surface area contributed by atoms with Gasteiger partial charge >= 0.3 is 0 Å². The van der Waals surface area contributed by atoms with Crippen molar-refractivity contribution in [3.8, 4) is 5.75 Å². The van der Waals surface area contributed by atoms with Crippen LogP contribution in [0.15, 0.2) is 53.6 Å². The smallest absolute Gasteiger partial charge is 0.246 e. The van der Waals surface area contributed by atoms with E-state index in [1.165, 1.54) is 23.5 Å². The van der Waals surface area contributed by atoms with E-state index in [0.29, 0.717) is 48.9 Å². The third-order valence-corrected chi connectivity index (χ3v) is 8.53. The Hall–Kier alpha value is -2.59. The van der Waals surface area contributed by atoms with E-state index in [9.17, 15) is 13.2 Å². The van der Waals surface area contributed by atoms with Gasteiger partial charge < -0.3 is 15.4 Å². The average Bonchev–Trinajstić information content (AvgIpc) is 2.88. The molecule has 4 rings (SSSR count). The summed E-state index contributed by atoms with van der Waals surface area (Å²) in [5.41, 5.74) is 1.76. The molecule has 2 N–H and O–H groups in total. The maximum absolute atomic E-state index is 13.3. The molecular formula is C25H28Cl2N4O4S. The molecule has 11 heteroatoms. The molecule has 8 nitrogen and oxygen atoms in total. The van der Waals surface area contributed by atoms with E-state index in [4.69, 9.17) is 27.9 Å². The lowest BCUT2D eigenvalue weighted by molar-refractivity contribution is -0.126. The van der Waals surface area contributed by atoms with E-state index in [0.717, 1.165) is 16.6 Å². The molecule has 2 aromatic carbocycles. The van der Waals surface area contributed by atoms with Crippen LogP contribution >= 0.6 is 23.2 Å². The highest BCUT2D eigenvalue weighted by molar-refractivity contribution is 7.89.